The molecule has 1 unspecified atom stereocenters. The minimum Gasteiger partial charge on any atom is -0.394 e. The molecular weight excluding hydrogens is 234 g/mol. The lowest BCUT2D eigenvalue weighted by molar-refractivity contribution is 0.0915. The second-order valence-corrected chi connectivity index (χ2v) is 3.83. The Kier molecular flexibility index (Phi) is 5.13. The highest BCUT2D eigenvalue weighted by molar-refractivity contribution is 5.95. The Hall–Kier alpha value is -2.08. The van der Waals surface area contributed by atoms with Crippen LogP contribution in [0.3, 0.4) is 0 Å². The standard InChI is InChI=1S/C12H17N3O3/c1-2-9(7-16)14-11(17)8-3-5-10(6-4-8)15-12(13)18/h3-6,9,16H,2,7H2,1H3,(H,14,17)(H3,13,15,18). The van der Waals surface area contributed by atoms with Gasteiger partial charge in [0.05, 0.1) is 12.6 Å². The number of aliphatic hydroxyl groups excluding tert-OH is 1. The summed E-state index contributed by atoms with van der Waals surface area (Å²) in [7, 11) is 0. The molecule has 0 bridgehead atoms. The first-order valence-electron chi connectivity index (χ1n) is 5.65. The molecule has 0 aliphatic rings. The van der Waals surface area contributed by atoms with Gasteiger partial charge in [0.15, 0.2) is 0 Å². The third kappa shape index (κ3) is 4.06. The van der Waals surface area contributed by atoms with E-state index in [1.54, 1.807) is 24.3 Å². The maximum Gasteiger partial charge on any atom is 0.316 e. The molecule has 0 saturated heterocycles. The molecule has 6 heteroatoms. The number of aliphatic hydroxyl groups is 1. The topological polar surface area (TPSA) is 104 Å². The van der Waals surface area contributed by atoms with Crippen molar-refractivity contribution in [1.82, 2.24) is 5.32 Å². The van der Waals surface area contributed by atoms with Crippen molar-refractivity contribution < 1.29 is 14.7 Å². The Morgan fingerprint density at radius 3 is 2.39 bits per heavy atom. The molecule has 0 aliphatic heterocycles. The number of primary amides is 1. The van der Waals surface area contributed by atoms with E-state index >= 15 is 0 Å². The maximum absolute atomic E-state index is 11.8. The van der Waals surface area contributed by atoms with E-state index in [1.807, 2.05) is 6.92 Å². The van der Waals surface area contributed by atoms with Crippen LogP contribution in [0.1, 0.15) is 23.7 Å². The van der Waals surface area contributed by atoms with Crippen LogP contribution in [0, 0.1) is 0 Å². The summed E-state index contributed by atoms with van der Waals surface area (Å²) in [6.45, 7) is 1.78. The lowest BCUT2D eigenvalue weighted by Crippen LogP contribution is -2.36. The van der Waals surface area contributed by atoms with Gasteiger partial charge in [-0.25, -0.2) is 4.79 Å². The summed E-state index contributed by atoms with van der Waals surface area (Å²) in [6, 6.07) is 5.41. The van der Waals surface area contributed by atoms with Crippen LogP contribution < -0.4 is 16.4 Å². The van der Waals surface area contributed by atoms with Gasteiger partial charge in [-0.05, 0) is 30.7 Å². The Labute approximate surface area is 105 Å². The van der Waals surface area contributed by atoms with Gasteiger partial charge in [-0.2, -0.15) is 0 Å². The van der Waals surface area contributed by atoms with Gasteiger partial charge < -0.3 is 21.5 Å². The number of urea groups is 1. The average Bonchev–Trinajstić information content (AvgIpc) is 2.35. The normalized spacial score (nSPS) is 11.7. The number of benzene rings is 1. The van der Waals surface area contributed by atoms with Crippen molar-refractivity contribution in [2.45, 2.75) is 19.4 Å². The number of nitrogens with one attached hydrogen (secondary N) is 2. The van der Waals surface area contributed by atoms with E-state index in [0.29, 0.717) is 17.7 Å². The summed E-state index contributed by atoms with van der Waals surface area (Å²) >= 11 is 0. The zero-order valence-corrected chi connectivity index (χ0v) is 10.1. The lowest BCUT2D eigenvalue weighted by Gasteiger charge is -2.14. The molecule has 5 N–H and O–H groups in total. The molecule has 1 aromatic carbocycles. The average molecular weight is 251 g/mol. The predicted octanol–water partition coefficient (Wildman–Crippen LogP) is 0.678. The maximum atomic E-state index is 11.8. The van der Waals surface area contributed by atoms with Gasteiger partial charge in [0.25, 0.3) is 5.91 Å². The van der Waals surface area contributed by atoms with E-state index in [0.717, 1.165) is 0 Å². The van der Waals surface area contributed by atoms with Gasteiger partial charge in [-0.3, -0.25) is 4.79 Å². The number of rotatable bonds is 5. The van der Waals surface area contributed by atoms with Crippen LogP contribution in [0.5, 0.6) is 0 Å². The zero-order chi connectivity index (χ0) is 13.5. The molecule has 18 heavy (non-hydrogen) atoms. The minimum absolute atomic E-state index is 0.0937. The fraction of sp³-hybridized carbons (Fsp3) is 0.333. The van der Waals surface area contributed by atoms with Gasteiger partial charge in [-0.15, -0.1) is 0 Å². The van der Waals surface area contributed by atoms with Gasteiger partial charge in [0.1, 0.15) is 0 Å². The van der Waals surface area contributed by atoms with Crippen LogP contribution in [-0.2, 0) is 0 Å². The Morgan fingerprint density at radius 2 is 1.94 bits per heavy atom. The van der Waals surface area contributed by atoms with Crippen molar-refractivity contribution >= 4 is 17.6 Å². The third-order valence-electron chi connectivity index (χ3n) is 2.46. The first-order valence-corrected chi connectivity index (χ1v) is 5.65. The van der Waals surface area contributed by atoms with E-state index < -0.39 is 6.03 Å². The predicted molar refractivity (Wildman–Crippen MR) is 68.3 cm³/mol. The first kappa shape index (κ1) is 14.0. The van der Waals surface area contributed by atoms with Crippen molar-refractivity contribution in [2.75, 3.05) is 11.9 Å². The van der Waals surface area contributed by atoms with Crippen LogP contribution in [-0.4, -0.2) is 29.7 Å². The summed E-state index contributed by atoms with van der Waals surface area (Å²) < 4.78 is 0. The highest BCUT2D eigenvalue weighted by Gasteiger charge is 2.11. The summed E-state index contributed by atoms with van der Waals surface area (Å²) in [6.07, 6.45) is 0.656. The quantitative estimate of drug-likeness (QED) is 0.618. The molecule has 0 aliphatic carbocycles. The van der Waals surface area contributed by atoms with Crippen LogP contribution >= 0.6 is 0 Å². The first-order chi connectivity index (χ1) is 8.56. The smallest absolute Gasteiger partial charge is 0.316 e. The zero-order valence-electron chi connectivity index (χ0n) is 10.1. The molecule has 0 aromatic heterocycles. The SMILES string of the molecule is CCC(CO)NC(=O)c1ccc(NC(N)=O)cc1. The van der Waals surface area contributed by atoms with Crippen LogP contribution in [0.2, 0.25) is 0 Å². The largest absolute Gasteiger partial charge is 0.394 e. The van der Waals surface area contributed by atoms with E-state index in [-0.39, 0.29) is 18.6 Å². The summed E-state index contributed by atoms with van der Waals surface area (Å²) in [5, 5.41) is 14.1. The van der Waals surface area contributed by atoms with Gasteiger partial charge in [0.2, 0.25) is 0 Å². The molecule has 0 radical (unpaired) electrons. The van der Waals surface area contributed by atoms with Gasteiger partial charge in [-0.1, -0.05) is 6.92 Å². The van der Waals surface area contributed by atoms with E-state index in [2.05, 4.69) is 10.6 Å². The van der Waals surface area contributed by atoms with E-state index in [4.69, 9.17) is 10.8 Å². The van der Waals surface area contributed by atoms with E-state index in [9.17, 15) is 9.59 Å². The third-order valence-corrected chi connectivity index (χ3v) is 2.46. The number of carbonyl (C=O) groups excluding carboxylic acids is 2. The Balaban J connectivity index is 2.67. The molecule has 0 spiro atoms. The van der Waals surface area contributed by atoms with E-state index in [1.165, 1.54) is 0 Å². The number of carbonyl (C=O) groups is 2. The van der Waals surface area contributed by atoms with Crippen molar-refractivity contribution in [1.29, 1.82) is 0 Å². The molecule has 1 aromatic rings. The molecular formula is C12H17N3O3. The number of nitrogens with two attached hydrogens (primary N) is 1. The highest BCUT2D eigenvalue weighted by atomic mass is 16.3. The number of hydrogen-bond acceptors (Lipinski definition) is 3. The summed E-state index contributed by atoms with van der Waals surface area (Å²) in [5.74, 6) is -0.262. The second kappa shape index (κ2) is 6.61. The molecule has 1 rings (SSSR count). The molecule has 1 atom stereocenters. The molecule has 0 saturated carbocycles. The molecule has 3 amide bonds. The van der Waals surface area contributed by atoms with Gasteiger partial charge >= 0.3 is 6.03 Å². The summed E-state index contributed by atoms with van der Waals surface area (Å²) in [5.41, 5.74) is 5.94. The highest BCUT2D eigenvalue weighted by Crippen LogP contribution is 2.09. The number of amides is 3. The van der Waals surface area contributed by atoms with Crippen LogP contribution in [0.15, 0.2) is 24.3 Å². The molecule has 0 heterocycles. The fourth-order valence-corrected chi connectivity index (χ4v) is 1.39. The van der Waals surface area contributed by atoms with Crippen molar-refractivity contribution in [3.63, 3.8) is 0 Å². The van der Waals surface area contributed by atoms with Crippen molar-refractivity contribution in [3.8, 4) is 0 Å². The van der Waals surface area contributed by atoms with Crippen LogP contribution in [0.25, 0.3) is 0 Å². The fourth-order valence-electron chi connectivity index (χ4n) is 1.39. The molecule has 0 fully saturated rings. The van der Waals surface area contributed by atoms with Crippen molar-refractivity contribution in [2.24, 2.45) is 5.73 Å². The minimum atomic E-state index is -0.654. The van der Waals surface area contributed by atoms with Crippen LogP contribution in [0.4, 0.5) is 10.5 Å². The molecule has 6 nitrogen and oxygen atoms in total. The lowest BCUT2D eigenvalue weighted by atomic mass is 10.1. The number of anilines is 1. The number of hydrogen-bond donors (Lipinski definition) is 4. The van der Waals surface area contributed by atoms with Gasteiger partial charge in [0, 0.05) is 11.3 Å². The Bertz CT molecular complexity index is 413. The molecule has 98 valence electrons. The van der Waals surface area contributed by atoms with Crippen molar-refractivity contribution in [3.05, 3.63) is 29.8 Å². The Morgan fingerprint density at radius 1 is 1.33 bits per heavy atom. The summed E-state index contributed by atoms with van der Waals surface area (Å²) in [4.78, 5) is 22.4. The monoisotopic (exact) mass is 251 g/mol. The second-order valence-electron chi connectivity index (χ2n) is 3.83.